The molecule has 0 spiro atoms. The summed E-state index contributed by atoms with van der Waals surface area (Å²) in [4.78, 5) is 28.0. The van der Waals surface area contributed by atoms with Crippen molar-refractivity contribution in [3.63, 3.8) is 0 Å². The van der Waals surface area contributed by atoms with E-state index in [0.717, 1.165) is 0 Å². The zero-order chi connectivity index (χ0) is 9.83. The number of amides is 1. The summed E-state index contributed by atoms with van der Waals surface area (Å²) in [6.45, 7) is 3.25. The van der Waals surface area contributed by atoms with Crippen LogP contribution in [0.1, 0.15) is 26.7 Å². The molecule has 0 fully saturated rings. The molecule has 6 heteroatoms. The maximum atomic E-state index is 11.0. The second-order valence-electron chi connectivity index (χ2n) is 2.54. The summed E-state index contributed by atoms with van der Waals surface area (Å²) >= 11 is 0. The van der Waals surface area contributed by atoms with Crippen molar-refractivity contribution < 1.29 is 19.1 Å². The molecular weight excluding hydrogens is 181 g/mol. The third kappa shape index (κ3) is 2.06. The molecule has 0 radical (unpaired) electrons. The topological polar surface area (TPSA) is 86.6 Å². The first-order chi connectivity index (χ1) is 5.43. The zero-order valence-electron chi connectivity index (χ0n) is 7.15. The van der Waals surface area contributed by atoms with Crippen LogP contribution in [0.25, 0.3) is 0 Å². The molecule has 0 aromatic heterocycles. The van der Waals surface area contributed by atoms with Crippen molar-refractivity contribution in [2.24, 2.45) is 0 Å². The molecule has 3 N–H and O–H groups in total. The van der Waals surface area contributed by atoms with Gasteiger partial charge in [0.2, 0.25) is 6.41 Å². The second kappa shape index (κ2) is 4.03. The van der Waals surface area contributed by atoms with Crippen LogP contribution in [0, 0.1) is 0 Å². The number of hydrogen-bond donors (Lipinski definition) is 3. The largest absolute Gasteiger partial charge is 0.350 e. The Bertz CT molecular complexity index is 196. The average Bonchev–Trinajstić information content (AvgIpc) is 1.98. The molecule has 0 aromatic carbocycles. The summed E-state index contributed by atoms with van der Waals surface area (Å²) in [6, 6.07) is 0. The van der Waals surface area contributed by atoms with E-state index in [-0.39, 0.29) is 12.8 Å². The van der Waals surface area contributed by atoms with E-state index in [1.54, 1.807) is 13.8 Å². The highest BCUT2D eigenvalue weighted by Crippen LogP contribution is 2.52. The monoisotopic (exact) mass is 195 g/mol. The third-order valence-corrected chi connectivity index (χ3v) is 3.93. The normalized spacial score (nSPS) is 12.7. The van der Waals surface area contributed by atoms with Crippen LogP contribution in [0.3, 0.4) is 0 Å². The first-order valence-corrected chi connectivity index (χ1v) is 5.31. The summed E-state index contributed by atoms with van der Waals surface area (Å²) in [5.74, 6) is 0. The molecule has 0 rings (SSSR count). The Balaban J connectivity index is 4.82. The Morgan fingerprint density at radius 1 is 1.42 bits per heavy atom. The summed E-state index contributed by atoms with van der Waals surface area (Å²) in [5, 5.41) is 0.812. The van der Waals surface area contributed by atoms with E-state index < -0.39 is 12.9 Å². The second-order valence-corrected chi connectivity index (χ2v) is 4.49. The van der Waals surface area contributed by atoms with Crippen LogP contribution in [0.4, 0.5) is 0 Å². The summed E-state index contributed by atoms with van der Waals surface area (Å²) in [7, 11) is -4.27. The van der Waals surface area contributed by atoms with Gasteiger partial charge in [0.25, 0.3) is 0 Å². The van der Waals surface area contributed by atoms with Crippen molar-refractivity contribution in [2.45, 2.75) is 32.0 Å². The van der Waals surface area contributed by atoms with Gasteiger partial charge in [-0.2, -0.15) is 0 Å². The quantitative estimate of drug-likeness (QED) is 0.438. The van der Waals surface area contributed by atoms with Gasteiger partial charge in [-0.05, 0) is 12.8 Å². The maximum Gasteiger partial charge on any atom is 0.350 e. The molecule has 12 heavy (non-hydrogen) atoms. The van der Waals surface area contributed by atoms with E-state index in [1.165, 1.54) is 0 Å². The number of rotatable bonds is 5. The fraction of sp³-hybridized carbons (Fsp3) is 0.833. The SMILES string of the molecule is CCC(CC)(NC=O)P(=O)(O)O. The smallest absolute Gasteiger partial charge is 0.342 e. The molecule has 0 aliphatic rings. The van der Waals surface area contributed by atoms with Gasteiger partial charge < -0.3 is 15.1 Å². The Labute approximate surface area is 71.3 Å². The van der Waals surface area contributed by atoms with E-state index in [0.29, 0.717) is 6.41 Å². The molecular formula is C6H14NO4P. The van der Waals surface area contributed by atoms with Crippen LogP contribution in [0.5, 0.6) is 0 Å². The zero-order valence-corrected chi connectivity index (χ0v) is 8.04. The van der Waals surface area contributed by atoms with Gasteiger partial charge in [0.1, 0.15) is 5.28 Å². The highest BCUT2D eigenvalue weighted by molar-refractivity contribution is 7.53. The molecule has 0 bridgehead atoms. The number of carbonyl (C=O) groups excluding carboxylic acids is 1. The lowest BCUT2D eigenvalue weighted by molar-refractivity contribution is -0.110. The van der Waals surface area contributed by atoms with Crippen molar-refractivity contribution in [3.05, 3.63) is 0 Å². The van der Waals surface area contributed by atoms with E-state index in [4.69, 9.17) is 9.79 Å². The van der Waals surface area contributed by atoms with Gasteiger partial charge in [0, 0.05) is 0 Å². The molecule has 0 saturated heterocycles. The molecule has 0 unspecified atom stereocenters. The third-order valence-electron chi connectivity index (χ3n) is 2.05. The van der Waals surface area contributed by atoms with Gasteiger partial charge in [0.05, 0.1) is 0 Å². The molecule has 0 atom stereocenters. The van der Waals surface area contributed by atoms with Crippen LogP contribution in [-0.4, -0.2) is 21.5 Å². The van der Waals surface area contributed by atoms with Crippen LogP contribution in [-0.2, 0) is 9.36 Å². The van der Waals surface area contributed by atoms with E-state index in [2.05, 4.69) is 5.32 Å². The fourth-order valence-electron chi connectivity index (χ4n) is 1.06. The lowest BCUT2D eigenvalue weighted by Crippen LogP contribution is -2.42. The van der Waals surface area contributed by atoms with E-state index in [1.807, 2.05) is 0 Å². The average molecular weight is 195 g/mol. The van der Waals surface area contributed by atoms with Crippen LogP contribution in [0.2, 0.25) is 0 Å². The van der Waals surface area contributed by atoms with Crippen LogP contribution >= 0.6 is 7.60 Å². The summed E-state index contributed by atoms with van der Waals surface area (Å²) in [6.07, 6.45) is 0.755. The van der Waals surface area contributed by atoms with Crippen LogP contribution in [0.15, 0.2) is 0 Å². The summed E-state index contributed by atoms with van der Waals surface area (Å²) in [5.41, 5.74) is 0. The van der Waals surface area contributed by atoms with Crippen molar-refractivity contribution in [2.75, 3.05) is 0 Å². The maximum absolute atomic E-state index is 11.0. The Kier molecular flexibility index (Phi) is 3.90. The first-order valence-electron chi connectivity index (χ1n) is 3.70. The number of carbonyl (C=O) groups is 1. The predicted molar refractivity (Wildman–Crippen MR) is 44.6 cm³/mol. The lowest BCUT2D eigenvalue weighted by Gasteiger charge is -2.31. The Morgan fingerprint density at radius 3 is 1.92 bits per heavy atom. The van der Waals surface area contributed by atoms with Gasteiger partial charge in [-0.1, -0.05) is 13.8 Å². The van der Waals surface area contributed by atoms with E-state index >= 15 is 0 Å². The van der Waals surface area contributed by atoms with Gasteiger partial charge in [0.15, 0.2) is 0 Å². The van der Waals surface area contributed by atoms with Gasteiger partial charge in [-0.3, -0.25) is 9.36 Å². The molecule has 0 aliphatic carbocycles. The minimum absolute atomic E-state index is 0.215. The van der Waals surface area contributed by atoms with Crippen LogP contribution < -0.4 is 5.32 Å². The minimum Gasteiger partial charge on any atom is -0.342 e. The standard InChI is InChI=1S/C6H14NO4P/c1-3-6(4-2,7-5-8)12(9,10)11/h5H,3-4H2,1-2H3,(H,7,8)(H2,9,10,11). The minimum atomic E-state index is -4.27. The predicted octanol–water partition coefficient (Wildman–Crippen LogP) is 0.426. The van der Waals surface area contributed by atoms with Crippen molar-refractivity contribution in [1.82, 2.24) is 5.32 Å². The molecule has 0 aliphatic heterocycles. The summed E-state index contributed by atoms with van der Waals surface area (Å²) < 4.78 is 11.0. The van der Waals surface area contributed by atoms with Crippen molar-refractivity contribution in [3.8, 4) is 0 Å². The molecule has 0 aromatic rings. The van der Waals surface area contributed by atoms with Crippen molar-refractivity contribution in [1.29, 1.82) is 0 Å². The number of nitrogens with one attached hydrogen (secondary N) is 1. The van der Waals surface area contributed by atoms with E-state index in [9.17, 15) is 9.36 Å². The highest BCUT2D eigenvalue weighted by Gasteiger charge is 2.43. The van der Waals surface area contributed by atoms with Gasteiger partial charge >= 0.3 is 7.60 Å². The van der Waals surface area contributed by atoms with Crippen molar-refractivity contribution >= 4 is 14.0 Å². The molecule has 1 amide bonds. The Hall–Kier alpha value is -0.380. The number of hydrogen-bond acceptors (Lipinski definition) is 2. The molecule has 0 saturated carbocycles. The molecule has 72 valence electrons. The van der Waals surface area contributed by atoms with Gasteiger partial charge in [-0.15, -0.1) is 0 Å². The van der Waals surface area contributed by atoms with Gasteiger partial charge in [-0.25, -0.2) is 0 Å². The fourth-order valence-corrected chi connectivity index (χ4v) is 2.10. The molecule has 0 heterocycles. The first kappa shape index (κ1) is 11.6. The highest BCUT2D eigenvalue weighted by atomic mass is 31.2. The molecule has 5 nitrogen and oxygen atoms in total. The lowest BCUT2D eigenvalue weighted by atomic mass is 10.1. The Morgan fingerprint density at radius 2 is 1.83 bits per heavy atom.